The Morgan fingerprint density at radius 2 is 1.62 bits per heavy atom. The van der Waals surface area contributed by atoms with E-state index in [1.807, 2.05) is 31.2 Å². The van der Waals surface area contributed by atoms with Crippen molar-refractivity contribution in [2.45, 2.75) is 18.4 Å². The number of carbonyl (C=O) groups excluding carboxylic acids is 1. The molecule has 0 spiro atoms. The van der Waals surface area contributed by atoms with Gasteiger partial charge in [-0.2, -0.15) is 0 Å². The first-order chi connectivity index (χ1) is 15.3. The maximum Gasteiger partial charge on any atom is 0.264 e. The van der Waals surface area contributed by atoms with Crippen molar-refractivity contribution < 1.29 is 22.7 Å². The molecule has 0 radical (unpaired) electrons. The van der Waals surface area contributed by atoms with Crippen molar-refractivity contribution in [3.05, 3.63) is 83.9 Å². The first kappa shape index (κ1) is 23.1. The highest BCUT2D eigenvalue weighted by Crippen LogP contribution is 2.24. The molecule has 8 heteroatoms. The van der Waals surface area contributed by atoms with Crippen molar-refractivity contribution in [1.82, 2.24) is 5.32 Å². The van der Waals surface area contributed by atoms with Gasteiger partial charge in [-0.25, -0.2) is 8.42 Å². The fourth-order valence-corrected chi connectivity index (χ4v) is 4.20. The zero-order chi connectivity index (χ0) is 23.1. The molecule has 3 rings (SSSR count). The topological polar surface area (TPSA) is 84.9 Å². The Balaban J connectivity index is 1.56. The van der Waals surface area contributed by atoms with Crippen molar-refractivity contribution >= 4 is 21.6 Å². The number of amides is 1. The van der Waals surface area contributed by atoms with Gasteiger partial charge in [0.25, 0.3) is 15.9 Å². The monoisotopic (exact) mass is 454 g/mol. The Morgan fingerprint density at radius 3 is 2.28 bits per heavy atom. The molecular weight excluding hydrogens is 428 g/mol. The molecule has 0 fully saturated rings. The van der Waals surface area contributed by atoms with Gasteiger partial charge < -0.3 is 14.8 Å². The van der Waals surface area contributed by atoms with E-state index in [-0.39, 0.29) is 17.4 Å². The summed E-state index contributed by atoms with van der Waals surface area (Å²) in [5, 5.41) is 2.78. The van der Waals surface area contributed by atoms with E-state index < -0.39 is 10.0 Å². The highest BCUT2D eigenvalue weighted by molar-refractivity contribution is 7.92. The minimum Gasteiger partial charge on any atom is -0.496 e. The number of para-hydroxylation sites is 1. The molecule has 0 unspecified atom stereocenters. The third-order valence-electron chi connectivity index (χ3n) is 4.92. The number of aryl methyl sites for hydroxylation is 1. The third-order valence-corrected chi connectivity index (χ3v) is 6.72. The maximum absolute atomic E-state index is 12.8. The number of rotatable bonds is 9. The number of anilines is 1. The highest BCUT2D eigenvalue weighted by Gasteiger charge is 2.21. The molecule has 3 aromatic rings. The van der Waals surface area contributed by atoms with Gasteiger partial charge in [-0.3, -0.25) is 9.10 Å². The van der Waals surface area contributed by atoms with Crippen LogP contribution in [0.3, 0.4) is 0 Å². The normalized spacial score (nSPS) is 11.0. The Kier molecular flexibility index (Phi) is 7.37. The summed E-state index contributed by atoms with van der Waals surface area (Å²) in [7, 11) is -0.592. The fraction of sp³-hybridized carbons (Fsp3) is 0.208. The molecule has 0 aliphatic rings. The van der Waals surface area contributed by atoms with Crippen LogP contribution in [0.15, 0.2) is 77.7 Å². The molecule has 0 aliphatic carbocycles. The van der Waals surface area contributed by atoms with Gasteiger partial charge in [0.05, 0.1) is 17.7 Å². The Hall–Kier alpha value is -3.52. The number of carbonyl (C=O) groups is 1. The molecule has 7 nitrogen and oxygen atoms in total. The highest BCUT2D eigenvalue weighted by atomic mass is 32.2. The van der Waals surface area contributed by atoms with Gasteiger partial charge in [-0.1, -0.05) is 35.9 Å². The summed E-state index contributed by atoms with van der Waals surface area (Å²) in [4.78, 5) is 12.3. The van der Waals surface area contributed by atoms with Gasteiger partial charge in [-0.05, 0) is 49.4 Å². The smallest absolute Gasteiger partial charge is 0.264 e. The Morgan fingerprint density at radius 1 is 0.969 bits per heavy atom. The molecule has 1 N–H and O–H groups in total. The molecule has 32 heavy (non-hydrogen) atoms. The molecule has 0 aliphatic heterocycles. The first-order valence-corrected chi connectivity index (χ1v) is 11.4. The van der Waals surface area contributed by atoms with E-state index in [0.717, 1.165) is 11.1 Å². The molecular formula is C24H26N2O5S. The summed E-state index contributed by atoms with van der Waals surface area (Å²) in [6.07, 6.45) is 0. The van der Waals surface area contributed by atoms with Crippen LogP contribution in [0.4, 0.5) is 5.69 Å². The van der Waals surface area contributed by atoms with Crippen molar-refractivity contribution in [2.24, 2.45) is 0 Å². The maximum atomic E-state index is 12.8. The summed E-state index contributed by atoms with van der Waals surface area (Å²) in [6, 6.07) is 20.7. The zero-order valence-electron chi connectivity index (χ0n) is 18.2. The van der Waals surface area contributed by atoms with Crippen LogP contribution in [0.1, 0.15) is 11.1 Å². The summed E-state index contributed by atoms with van der Waals surface area (Å²) < 4.78 is 37.6. The minimum absolute atomic E-state index is 0.161. The van der Waals surface area contributed by atoms with Crippen LogP contribution in [-0.4, -0.2) is 35.1 Å². The molecule has 0 heterocycles. The molecule has 3 aromatic carbocycles. The second kappa shape index (κ2) is 10.2. The average molecular weight is 455 g/mol. The van der Waals surface area contributed by atoms with Crippen LogP contribution in [0.2, 0.25) is 0 Å². The first-order valence-electron chi connectivity index (χ1n) is 9.98. The SMILES string of the molecule is COc1ccccc1CNC(=O)COc1ccc(N(C)S(=O)(=O)c2ccc(C)cc2)cc1. The summed E-state index contributed by atoms with van der Waals surface area (Å²) >= 11 is 0. The molecule has 0 atom stereocenters. The lowest BCUT2D eigenvalue weighted by atomic mass is 10.2. The van der Waals surface area contributed by atoms with Crippen molar-refractivity contribution in [2.75, 3.05) is 25.1 Å². The molecule has 1 amide bonds. The number of methoxy groups -OCH3 is 1. The molecule has 0 bridgehead atoms. The van der Waals surface area contributed by atoms with Crippen molar-refractivity contribution in [3.63, 3.8) is 0 Å². The van der Waals surface area contributed by atoms with E-state index in [1.54, 1.807) is 55.6 Å². The van der Waals surface area contributed by atoms with Gasteiger partial charge in [-0.15, -0.1) is 0 Å². The lowest BCUT2D eigenvalue weighted by molar-refractivity contribution is -0.123. The summed E-state index contributed by atoms with van der Waals surface area (Å²) in [5.41, 5.74) is 2.34. The number of ether oxygens (including phenoxy) is 2. The summed E-state index contributed by atoms with van der Waals surface area (Å²) in [5.74, 6) is 0.885. The standard InChI is InChI=1S/C24H26N2O5S/c1-18-8-14-22(15-9-18)32(28,29)26(2)20-10-12-21(13-11-20)31-17-24(27)25-16-19-6-4-5-7-23(19)30-3/h4-15H,16-17H2,1-3H3,(H,25,27). The predicted molar refractivity (Wildman–Crippen MR) is 124 cm³/mol. The van der Waals surface area contributed by atoms with Gasteiger partial charge in [0.1, 0.15) is 11.5 Å². The number of hydrogen-bond acceptors (Lipinski definition) is 5. The van der Waals surface area contributed by atoms with Gasteiger partial charge in [0.2, 0.25) is 0 Å². The number of nitrogens with zero attached hydrogens (tertiary/aromatic N) is 1. The van der Waals surface area contributed by atoms with Crippen LogP contribution < -0.4 is 19.1 Å². The molecule has 0 saturated carbocycles. The number of hydrogen-bond donors (Lipinski definition) is 1. The lowest BCUT2D eigenvalue weighted by Crippen LogP contribution is -2.28. The second-order valence-corrected chi connectivity index (χ2v) is 9.13. The second-order valence-electron chi connectivity index (χ2n) is 7.16. The Labute approximate surface area is 188 Å². The van der Waals surface area contributed by atoms with Crippen LogP contribution >= 0.6 is 0 Å². The number of sulfonamides is 1. The van der Waals surface area contributed by atoms with Crippen LogP contribution in [-0.2, 0) is 21.4 Å². The van der Waals surface area contributed by atoms with Gasteiger partial charge in [0, 0.05) is 19.2 Å². The fourth-order valence-electron chi connectivity index (χ4n) is 3.00. The van der Waals surface area contributed by atoms with Crippen LogP contribution in [0, 0.1) is 6.92 Å². The van der Waals surface area contributed by atoms with Gasteiger partial charge in [0.15, 0.2) is 6.61 Å². The van der Waals surface area contributed by atoms with E-state index in [9.17, 15) is 13.2 Å². The minimum atomic E-state index is -3.67. The molecule has 0 aromatic heterocycles. The van der Waals surface area contributed by atoms with Crippen LogP contribution in [0.25, 0.3) is 0 Å². The number of nitrogens with one attached hydrogen (secondary N) is 1. The quantitative estimate of drug-likeness (QED) is 0.535. The number of benzene rings is 3. The van der Waals surface area contributed by atoms with E-state index in [2.05, 4.69) is 5.32 Å². The van der Waals surface area contributed by atoms with Crippen molar-refractivity contribution in [3.8, 4) is 11.5 Å². The van der Waals surface area contributed by atoms with E-state index in [1.165, 1.54) is 11.4 Å². The van der Waals surface area contributed by atoms with E-state index in [0.29, 0.717) is 23.7 Å². The van der Waals surface area contributed by atoms with Crippen LogP contribution in [0.5, 0.6) is 11.5 Å². The molecule has 0 saturated heterocycles. The van der Waals surface area contributed by atoms with Crippen molar-refractivity contribution in [1.29, 1.82) is 0 Å². The summed E-state index contributed by atoms with van der Waals surface area (Å²) in [6.45, 7) is 2.07. The zero-order valence-corrected chi connectivity index (χ0v) is 19.1. The lowest BCUT2D eigenvalue weighted by Gasteiger charge is -2.20. The average Bonchev–Trinajstić information content (AvgIpc) is 2.81. The largest absolute Gasteiger partial charge is 0.496 e. The molecule has 168 valence electrons. The third kappa shape index (κ3) is 5.59. The van der Waals surface area contributed by atoms with Gasteiger partial charge >= 0.3 is 0 Å². The van der Waals surface area contributed by atoms with E-state index in [4.69, 9.17) is 9.47 Å². The Bertz CT molecular complexity index is 1160. The predicted octanol–water partition coefficient (Wildman–Crippen LogP) is 3.52. The van der Waals surface area contributed by atoms with E-state index >= 15 is 0 Å².